The molecule has 0 bridgehead atoms. The molecule has 0 spiro atoms. The number of hydrogen-bond acceptors (Lipinski definition) is 4. The fraction of sp³-hybridized carbons (Fsp3) is 0.429. The normalized spacial score (nSPS) is 10.9. The van der Waals surface area contributed by atoms with Gasteiger partial charge in [-0.1, -0.05) is 37.6 Å². The zero-order chi connectivity index (χ0) is 15.2. The van der Waals surface area contributed by atoms with E-state index in [9.17, 15) is 4.79 Å². The second-order valence-corrected chi connectivity index (χ2v) is 5.56. The van der Waals surface area contributed by atoms with Crippen molar-refractivity contribution in [2.24, 2.45) is 5.92 Å². The highest BCUT2D eigenvalue weighted by Gasteiger charge is 2.11. The molecule has 21 heavy (non-hydrogen) atoms. The highest BCUT2D eigenvalue weighted by molar-refractivity contribution is 6.33. The molecular weight excluding hydrogens is 290 g/mol. The van der Waals surface area contributed by atoms with E-state index < -0.39 is 0 Å². The van der Waals surface area contributed by atoms with Crippen LogP contribution in [0.25, 0.3) is 11.4 Å². The Morgan fingerprint density at radius 2 is 2.14 bits per heavy atom. The first-order valence-electron chi connectivity index (χ1n) is 6.85. The Morgan fingerprint density at radius 1 is 1.38 bits per heavy atom. The van der Waals surface area contributed by atoms with E-state index in [-0.39, 0.29) is 12.5 Å². The van der Waals surface area contributed by atoms with Crippen LogP contribution in [0.15, 0.2) is 24.3 Å². The molecular formula is C14H18ClN5O. The predicted molar refractivity (Wildman–Crippen MR) is 80.7 cm³/mol. The van der Waals surface area contributed by atoms with Gasteiger partial charge in [-0.3, -0.25) is 4.79 Å². The molecule has 1 aromatic heterocycles. The van der Waals surface area contributed by atoms with Gasteiger partial charge in [-0.2, -0.15) is 4.80 Å². The Kier molecular flexibility index (Phi) is 5.27. The number of aromatic nitrogens is 4. The number of carbonyl (C=O) groups is 1. The molecule has 2 rings (SSSR count). The van der Waals surface area contributed by atoms with Crippen LogP contribution >= 0.6 is 11.6 Å². The fourth-order valence-electron chi connectivity index (χ4n) is 1.75. The van der Waals surface area contributed by atoms with Crippen LogP contribution in [0.4, 0.5) is 0 Å². The largest absolute Gasteiger partial charge is 0.354 e. The van der Waals surface area contributed by atoms with Crippen molar-refractivity contribution < 1.29 is 4.79 Å². The Morgan fingerprint density at radius 3 is 2.86 bits per heavy atom. The molecule has 2 aromatic rings. The van der Waals surface area contributed by atoms with Gasteiger partial charge in [0.25, 0.3) is 0 Å². The molecule has 0 aliphatic carbocycles. The molecule has 0 aliphatic rings. The Hall–Kier alpha value is -1.95. The molecule has 0 radical (unpaired) electrons. The van der Waals surface area contributed by atoms with Crippen LogP contribution in [0.2, 0.25) is 5.02 Å². The quantitative estimate of drug-likeness (QED) is 0.887. The molecule has 0 unspecified atom stereocenters. The van der Waals surface area contributed by atoms with Gasteiger partial charge in [-0.05, 0) is 29.7 Å². The lowest BCUT2D eigenvalue weighted by Gasteiger charge is -2.06. The maximum Gasteiger partial charge on any atom is 0.243 e. The first kappa shape index (κ1) is 15.4. The molecule has 0 saturated heterocycles. The monoisotopic (exact) mass is 307 g/mol. The SMILES string of the molecule is CC(C)CCNC(=O)Cn1nnc(-c2ccccc2Cl)n1. The van der Waals surface area contributed by atoms with Crippen LogP contribution in [0.1, 0.15) is 20.3 Å². The minimum atomic E-state index is -0.126. The zero-order valence-corrected chi connectivity index (χ0v) is 12.8. The van der Waals surface area contributed by atoms with Crippen molar-refractivity contribution in [3.05, 3.63) is 29.3 Å². The predicted octanol–water partition coefficient (Wildman–Crippen LogP) is 2.16. The number of rotatable bonds is 6. The maximum absolute atomic E-state index is 11.7. The molecule has 112 valence electrons. The summed E-state index contributed by atoms with van der Waals surface area (Å²) in [5.74, 6) is 0.843. The first-order chi connectivity index (χ1) is 10.1. The van der Waals surface area contributed by atoms with Crippen LogP contribution in [-0.4, -0.2) is 32.7 Å². The third-order valence-corrected chi connectivity index (χ3v) is 3.23. The molecule has 7 heteroatoms. The van der Waals surface area contributed by atoms with Crippen molar-refractivity contribution in [3.8, 4) is 11.4 Å². The lowest BCUT2D eigenvalue weighted by molar-refractivity contribution is -0.122. The van der Waals surface area contributed by atoms with Gasteiger partial charge in [0.2, 0.25) is 11.7 Å². The highest BCUT2D eigenvalue weighted by atomic mass is 35.5. The summed E-state index contributed by atoms with van der Waals surface area (Å²) < 4.78 is 0. The van der Waals surface area contributed by atoms with Crippen LogP contribution in [0.3, 0.4) is 0 Å². The molecule has 1 amide bonds. The van der Waals surface area contributed by atoms with Crippen LogP contribution in [0, 0.1) is 5.92 Å². The molecule has 6 nitrogen and oxygen atoms in total. The number of halogens is 1. The third-order valence-electron chi connectivity index (χ3n) is 2.90. The highest BCUT2D eigenvalue weighted by Crippen LogP contribution is 2.23. The van der Waals surface area contributed by atoms with Gasteiger partial charge in [0.05, 0.1) is 5.02 Å². The molecule has 1 heterocycles. The van der Waals surface area contributed by atoms with Crippen molar-refractivity contribution >= 4 is 17.5 Å². The topological polar surface area (TPSA) is 72.7 Å². The van der Waals surface area contributed by atoms with Crippen molar-refractivity contribution in [3.63, 3.8) is 0 Å². The van der Waals surface area contributed by atoms with E-state index in [1.807, 2.05) is 18.2 Å². The van der Waals surface area contributed by atoms with Gasteiger partial charge < -0.3 is 5.32 Å². The lowest BCUT2D eigenvalue weighted by atomic mass is 10.1. The van der Waals surface area contributed by atoms with Gasteiger partial charge in [0.15, 0.2) is 0 Å². The summed E-state index contributed by atoms with van der Waals surface area (Å²) >= 11 is 6.08. The Labute approximate surface area is 128 Å². The van der Waals surface area contributed by atoms with Crippen LogP contribution in [-0.2, 0) is 11.3 Å². The number of nitrogens with zero attached hydrogens (tertiary/aromatic N) is 4. The summed E-state index contributed by atoms with van der Waals surface area (Å²) in [6.45, 7) is 4.93. The second-order valence-electron chi connectivity index (χ2n) is 5.16. The van der Waals surface area contributed by atoms with Crippen LogP contribution < -0.4 is 5.32 Å². The summed E-state index contributed by atoms with van der Waals surface area (Å²) in [5, 5.41) is 15.4. The van der Waals surface area contributed by atoms with E-state index in [1.165, 1.54) is 4.80 Å². The number of tetrazole rings is 1. The summed E-state index contributed by atoms with van der Waals surface area (Å²) in [4.78, 5) is 13.0. The molecule has 0 saturated carbocycles. The summed E-state index contributed by atoms with van der Waals surface area (Å²) in [6, 6.07) is 7.25. The number of benzene rings is 1. The minimum absolute atomic E-state index is 0.0511. The maximum atomic E-state index is 11.7. The standard InChI is InChI=1S/C14H18ClN5O/c1-10(2)7-8-16-13(21)9-20-18-14(17-19-20)11-5-3-4-6-12(11)15/h3-6,10H,7-9H2,1-2H3,(H,16,21). The van der Waals surface area contributed by atoms with E-state index >= 15 is 0 Å². The van der Waals surface area contributed by atoms with Crippen molar-refractivity contribution in [2.45, 2.75) is 26.8 Å². The zero-order valence-electron chi connectivity index (χ0n) is 12.1. The van der Waals surface area contributed by atoms with E-state index in [0.717, 1.165) is 6.42 Å². The first-order valence-corrected chi connectivity index (χ1v) is 7.23. The average molecular weight is 308 g/mol. The van der Waals surface area contributed by atoms with Crippen molar-refractivity contribution in [1.82, 2.24) is 25.5 Å². The summed E-state index contributed by atoms with van der Waals surface area (Å²) in [5.41, 5.74) is 0.700. The third kappa shape index (κ3) is 4.53. The van der Waals surface area contributed by atoms with E-state index in [2.05, 4.69) is 34.6 Å². The summed E-state index contributed by atoms with van der Waals surface area (Å²) in [7, 11) is 0. The lowest BCUT2D eigenvalue weighted by Crippen LogP contribution is -2.29. The van der Waals surface area contributed by atoms with Crippen molar-refractivity contribution in [1.29, 1.82) is 0 Å². The molecule has 0 fully saturated rings. The van der Waals surface area contributed by atoms with Gasteiger partial charge in [0, 0.05) is 12.1 Å². The van der Waals surface area contributed by atoms with Gasteiger partial charge in [-0.25, -0.2) is 0 Å². The summed E-state index contributed by atoms with van der Waals surface area (Å²) in [6.07, 6.45) is 0.946. The molecule has 1 N–H and O–H groups in total. The molecule has 0 aliphatic heterocycles. The number of amides is 1. The number of nitrogens with one attached hydrogen (secondary N) is 1. The smallest absolute Gasteiger partial charge is 0.243 e. The second kappa shape index (κ2) is 7.17. The number of carbonyl (C=O) groups excluding carboxylic acids is 1. The number of hydrogen-bond donors (Lipinski definition) is 1. The van der Waals surface area contributed by atoms with Gasteiger partial charge >= 0.3 is 0 Å². The molecule has 0 atom stereocenters. The van der Waals surface area contributed by atoms with E-state index in [4.69, 9.17) is 11.6 Å². The van der Waals surface area contributed by atoms with Gasteiger partial charge in [0.1, 0.15) is 6.54 Å². The van der Waals surface area contributed by atoms with Crippen LogP contribution in [0.5, 0.6) is 0 Å². The van der Waals surface area contributed by atoms with E-state index in [0.29, 0.717) is 28.9 Å². The Balaban J connectivity index is 1.94. The van der Waals surface area contributed by atoms with E-state index in [1.54, 1.807) is 6.07 Å². The molecule has 1 aromatic carbocycles. The van der Waals surface area contributed by atoms with Crippen molar-refractivity contribution in [2.75, 3.05) is 6.54 Å². The minimum Gasteiger partial charge on any atom is -0.354 e. The van der Waals surface area contributed by atoms with Gasteiger partial charge in [-0.15, -0.1) is 10.2 Å². The Bertz CT molecular complexity index is 611. The fourth-order valence-corrected chi connectivity index (χ4v) is 1.97. The average Bonchev–Trinajstić information content (AvgIpc) is 2.87.